The highest BCUT2D eigenvalue weighted by Crippen LogP contribution is 2.18. The van der Waals surface area contributed by atoms with Crippen molar-refractivity contribution in [2.45, 2.75) is 18.8 Å². The van der Waals surface area contributed by atoms with E-state index in [0.29, 0.717) is 5.56 Å². The first-order valence-electron chi connectivity index (χ1n) is 5.31. The third kappa shape index (κ3) is 2.21. The lowest BCUT2D eigenvalue weighted by Crippen LogP contribution is -2.45. The molecule has 0 radical (unpaired) electrons. The predicted molar refractivity (Wildman–Crippen MR) is 56.8 cm³/mol. The Bertz CT molecular complexity index is 369. The number of halogens is 2. The van der Waals surface area contributed by atoms with Crippen molar-refractivity contribution in [3.05, 3.63) is 35.9 Å². The topological polar surface area (TPSA) is 20.3 Å². The highest BCUT2D eigenvalue weighted by atomic mass is 19.2. The summed E-state index contributed by atoms with van der Waals surface area (Å²) < 4.78 is 26.0. The van der Waals surface area contributed by atoms with Crippen molar-refractivity contribution < 1.29 is 13.6 Å². The summed E-state index contributed by atoms with van der Waals surface area (Å²) in [7, 11) is 0. The molecule has 0 bridgehead atoms. The molecule has 1 aromatic rings. The van der Waals surface area contributed by atoms with E-state index in [4.69, 9.17) is 0 Å². The zero-order valence-electron chi connectivity index (χ0n) is 8.77. The van der Waals surface area contributed by atoms with Crippen molar-refractivity contribution in [1.29, 1.82) is 0 Å². The van der Waals surface area contributed by atoms with Gasteiger partial charge in [0, 0.05) is 12.1 Å². The second-order valence-corrected chi connectivity index (χ2v) is 3.94. The molecule has 1 amide bonds. The van der Waals surface area contributed by atoms with E-state index in [1.54, 1.807) is 24.3 Å². The van der Waals surface area contributed by atoms with Gasteiger partial charge in [-0.1, -0.05) is 18.2 Å². The molecule has 16 heavy (non-hydrogen) atoms. The Morgan fingerprint density at radius 3 is 2.50 bits per heavy atom. The van der Waals surface area contributed by atoms with Crippen LogP contribution >= 0.6 is 0 Å². The first kappa shape index (κ1) is 11.0. The van der Waals surface area contributed by atoms with Crippen molar-refractivity contribution >= 4 is 5.91 Å². The first-order chi connectivity index (χ1) is 7.68. The van der Waals surface area contributed by atoms with Gasteiger partial charge in [0.15, 0.2) is 0 Å². The number of hydrogen-bond donors (Lipinski definition) is 0. The molecule has 1 aliphatic heterocycles. The van der Waals surface area contributed by atoms with Crippen LogP contribution in [-0.4, -0.2) is 36.2 Å². The second kappa shape index (κ2) is 4.60. The van der Waals surface area contributed by atoms with Crippen LogP contribution in [0.4, 0.5) is 8.78 Å². The maximum absolute atomic E-state index is 13.1. The number of hydrogen-bond acceptors (Lipinski definition) is 1. The smallest absolute Gasteiger partial charge is 0.253 e. The van der Waals surface area contributed by atoms with Crippen LogP contribution in [0.25, 0.3) is 0 Å². The quantitative estimate of drug-likeness (QED) is 0.717. The fourth-order valence-electron chi connectivity index (χ4n) is 1.82. The fourth-order valence-corrected chi connectivity index (χ4v) is 1.82. The van der Waals surface area contributed by atoms with E-state index in [2.05, 4.69) is 0 Å². The second-order valence-electron chi connectivity index (χ2n) is 3.94. The van der Waals surface area contributed by atoms with Gasteiger partial charge in [0.25, 0.3) is 5.91 Å². The molecule has 4 heteroatoms. The molecule has 1 aromatic carbocycles. The average molecular weight is 225 g/mol. The molecule has 0 aromatic heterocycles. The van der Waals surface area contributed by atoms with E-state index in [-0.39, 0.29) is 25.4 Å². The molecule has 1 saturated heterocycles. The van der Waals surface area contributed by atoms with Gasteiger partial charge in [-0.05, 0) is 18.6 Å². The van der Waals surface area contributed by atoms with Crippen LogP contribution in [0.1, 0.15) is 16.8 Å². The monoisotopic (exact) mass is 225 g/mol. The standard InChI is InChI=1S/C12H13F2NO/c13-10-6-7-15(8-11(10)14)12(16)9-4-2-1-3-5-9/h1-5,10-11H,6-8H2/t10-,11-/m1/s1. The molecule has 2 nitrogen and oxygen atoms in total. The maximum Gasteiger partial charge on any atom is 0.253 e. The van der Waals surface area contributed by atoms with Crippen molar-refractivity contribution in [2.75, 3.05) is 13.1 Å². The van der Waals surface area contributed by atoms with E-state index in [1.807, 2.05) is 6.07 Å². The van der Waals surface area contributed by atoms with Gasteiger partial charge >= 0.3 is 0 Å². The van der Waals surface area contributed by atoms with Crippen LogP contribution in [0.15, 0.2) is 30.3 Å². The van der Waals surface area contributed by atoms with E-state index in [0.717, 1.165) is 0 Å². The molecule has 86 valence electrons. The van der Waals surface area contributed by atoms with Crippen molar-refractivity contribution in [3.8, 4) is 0 Å². The lowest BCUT2D eigenvalue weighted by atomic mass is 10.1. The van der Waals surface area contributed by atoms with Gasteiger partial charge in [0.05, 0.1) is 6.54 Å². The number of benzene rings is 1. The number of piperidine rings is 1. The van der Waals surface area contributed by atoms with Gasteiger partial charge in [0.1, 0.15) is 12.3 Å². The van der Waals surface area contributed by atoms with Crippen molar-refractivity contribution in [1.82, 2.24) is 4.90 Å². The molecule has 0 spiro atoms. The molecule has 1 heterocycles. The molecule has 0 unspecified atom stereocenters. The number of alkyl halides is 2. The summed E-state index contributed by atoms with van der Waals surface area (Å²) in [6.07, 6.45) is -2.90. The molecule has 2 atom stereocenters. The number of nitrogens with zero attached hydrogens (tertiary/aromatic N) is 1. The van der Waals surface area contributed by atoms with E-state index < -0.39 is 12.3 Å². The van der Waals surface area contributed by atoms with Crippen LogP contribution in [0.3, 0.4) is 0 Å². The normalized spacial score (nSPS) is 25.5. The average Bonchev–Trinajstić information content (AvgIpc) is 2.33. The summed E-state index contributed by atoms with van der Waals surface area (Å²) in [6.45, 7) is 0.143. The minimum Gasteiger partial charge on any atom is -0.336 e. The van der Waals surface area contributed by atoms with Crippen LogP contribution in [0, 0.1) is 0 Å². The third-order valence-corrected chi connectivity index (χ3v) is 2.77. The summed E-state index contributed by atoms with van der Waals surface area (Å²) in [5, 5.41) is 0. The summed E-state index contributed by atoms with van der Waals surface area (Å²) in [6, 6.07) is 8.67. The van der Waals surface area contributed by atoms with Gasteiger partial charge in [-0.25, -0.2) is 8.78 Å². The molecule has 1 aliphatic rings. The molecule has 0 N–H and O–H groups in total. The molecular weight excluding hydrogens is 212 g/mol. The number of likely N-dealkylation sites (tertiary alicyclic amines) is 1. The summed E-state index contributed by atoms with van der Waals surface area (Å²) in [4.78, 5) is 13.3. The molecule has 2 rings (SSSR count). The fraction of sp³-hybridized carbons (Fsp3) is 0.417. The van der Waals surface area contributed by atoms with E-state index in [9.17, 15) is 13.6 Å². The Kier molecular flexibility index (Phi) is 3.17. The molecule has 0 saturated carbocycles. The predicted octanol–water partition coefficient (Wildman–Crippen LogP) is 2.21. The summed E-state index contributed by atoms with van der Waals surface area (Å²) >= 11 is 0. The number of carbonyl (C=O) groups is 1. The zero-order valence-corrected chi connectivity index (χ0v) is 8.77. The lowest BCUT2D eigenvalue weighted by molar-refractivity contribution is 0.0425. The highest BCUT2D eigenvalue weighted by molar-refractivity contribution is 5.94. The van der Waals surface area contributed by atoms with Crippen LogP contribution in [0.5, 0.6) is 0 Å². The minimum absolute atomic E-state index is 0.0831. The van der Waals surface area contributed by atoms with E-state index in [1.165, 1.54) is 4.90 Å². The zero-order chi connectivity index (χ0) is 11.5. The van der Waals surface area contributed by atoms with Crippen LogP contribution in [-0.2, 0) is 0 Å². The molecule has 1 fully saturated rings. The number of rotatable bonds is 1. The van der Waals surface area contributed by atoms with Gasteiger partial charge in [-0.2, -0.15) is 0 Å². The van der Waals surface area contributed by atoms with Crippen LogP contribution < -0.4 is 0 Å². The van der Waals surface area contributed by atoms with Crippen LogP contribution in [0.2, 0.25) is 0 Å². The van der Waals surface area contributed by atoms with Gasteiger partial charge in [-0.3, -0.25) is 4.79 Å². The Hall–Kier alpha value is -1.45. The first-order valence-corrected chi connectivity index (χ1v) is 5.31. The summed E-state index contributed by atoms with van der Waals surface area (Å²) in [5.74, 6) is -0.227. The SMILES string of the molecule is O=C(c1ccccc1)N1CC[C@@H](F)[C@H](F)C1. The summed E-state index contributed by atoms with van der Waals surface area (Å²) in [5.41, 5.74) is 0.520. The van der Waals surface area contributed by atoms with Crippen molar-refractivity contribution in [2.24, 2.45) is 0 Å². The minimum atomic E-state index is -1.55. The number of amides is 1. The van der Waals surface area contributed by atoms with Gasteiger partial charge < -0.3 is 4.90 Å². The number of carbonyl (C=O) groups excluding carboxylic acids is 1. The molecule has 0 aliphatic carbocycles. The van der Waals surface area contributed by atoms with Gasteiger partial charge in [-0.15, -0.1) is 0 Å². The molecular formula is C12H13F2NO. The third-order valence-electron chi connectivity index (χ3n) is 2.77. The Balaban J connectivity index is 2.06. The van der Waals surface area contributed by atoms with Gasteiger partial charge in [0.2, 0.25) is 0 Å². The lowest BCUT2D eigenvalue weighted by Gasteiger charge is -2.31. The Morgan fingerprint density at radius 2 is 1.88 bits per heavy atom. The van der Waals surface area contributed by atoms with E-state index >= 15 is 0 Å². The Labute approximate surface area is 92.9 Å². The largest absolute Gasteiger partial charge is 0.336 e. The maximum atomic E-state index is 13.1. The Morgan fingerprint density at radius 1 is 1.19 bits per heavy atom. The van der Waals surface area contributed by atoms with Crippen molar-refractivity contribution in [3.63, 3.8) is 0 Å². The highest BCUT2D eigenvalue weighted by Gasteiger charge is 2.31.